The van der Waals surface area contributed by atoms with Crippen molar-refractivity contribution in [2.24, 2.45) is 7.05 Å². The average molecular weight is 257 g/mol. The van der Waals surface area contributed by atoms with E-state index in [1.165, 1.54) is 22.3 Å². The molecular formula is C16H23N3. The molecule has 0 aliphatic rings. The van der Waals surface area contributed by atoms with Crippen LogP contribution >= 0.6 is 0 Å². The first-order valence-corrected chi connectivity index (χ1v) is 6.82. The second-order valence-electron chi connectivity index (χ2n) is 5.27. The van der Waals surface area contributed by atoms with Crippen molar-refractivity contribution in [2.45, 2.75) is 33.7 Å². The number of hydrogen-bond acceptors (Lipinski definition) is 2. The third-order valence-electron chi connectivity index (χ3n) is 3.60. The smallest absolute Gasteiger partial charge is 0.0762 e. The number of aryl methyl sites for hydroxylation is 4. The maximum atomic E-state index is 4.35. The van der Waals surface area contributed by atoms with Gasteiger partial charge in [0.25, 0.3) is 0 Å². The van der Waals surface area contributed by atoms with Crippen molar-refractivity contribution in [3.05, 3.63) is 52.3 Å². The number of rotatable bonds is 5. The molecule has 0 unspecified atom stereocenters. The third-order valence-corrected chi connectivity index (χ3v) is 3.60. The van der Waals surface area contributed by atoms with Crippen molar-refractivity contribution in [2.75, 3.05) is 6.54 Å². The van der Waals surface area contributed by atoms with Gasteiger partial charge >= 0.3 is 0 Å². The molecular weight excluding hydrogens is 234 g/mol. The monoisotopic (exact) mass is 257 g/mol. The molecule has 0 spiro atoms. The molecule has 0 aliphatic heterocycles. The lowest BCUT2D eigenvalue weighted by Gasteiger charge is -2.10. The minimum absolute atomic E-state index is 0.838. The van der Waals surface area contributed by atoms with Crippen LogP contribution in [0.3, 0.4) is 0 Å². The highest BCUT2D eigenvalue weighted by atomic mass is 15.3. The molecule has 102 valence electrons. The SMILES string of the molecule is Cc1cc(C)c(CCNCc2ccn(C)n2)cc1C. The fourth-order valence-electron chi connectivity index (χ4n) is 2.29. The molecule has 2 rings (SSSR count). The Labute approximate surface area is 115 Å². The Bertz CT molecular complexity index is 555. The van der Waals surface area contributed by atoms with Crippen molar-refractivity contribution in [1.29, 1.82) is 0 Å². The van der Waals surface area contributed by atoms with Crippen molar-refractivity contribution < 1.29 is 0 Å². The van der Waals surface area contributed by atoms with Gasteiger partial charge in [0.2, 0.25) is 0 Å². The van der Waals surface area contributed by atoms with Crippen molar-refractivity contribution in [3.8, 4) is 0 Å². The van der Waals surface area contributed by atoms with Gasteiger partial charge < -0.3 is 5.32 Å². The molecule has 1 heterocycles. The minimum Gasteiger partial charge on any atom is -0.311 e. The molecule has 1 N–H and O–H groups in total. The van der Waals surface area contributed by atoms with Crippen LogP contribution in [0.15, 0.2) is 24.4 Å². The largest absolute Gasteiger partial charge is 0.311 e. The van der Waals surface area contributed by atoms with E-state index < -0.39 is 0 Å². The highest BCUT2D eigenvalue weighted by molar-refractivity contribution is 5.36. The van der Waals surface area contributed by atoms with Gasteiger partial charge in [0.15, 0.2) is 0 Å². The predicted molar refractivity (Wildman–Crippen MR) is 79.3 cm³/mol. The lowest BCUT2D eigenvalue weighted by Crippen LogP contribution is -2.17. The molecule has 1 aromatic carbocycles. The molecule has 0 fully saturated rings. The van der Waals surface area contributed by atoms with Gasteiger partial charge in [0.1, 0.15) is 0 Å². The molecule has 0 amide bonds. The zero-order valence-electron chi connectivity index (χ0n) is 12.3. The van der Waals surface area contributed by atoms with Crippen LogP contribution in [-0.2, 0) is 20.0 Å². The number of nitrogens with one attached hydrogen (secondary N) is 1. The highest BCUT2D eigenvalue weighted by Gasteiger charge is 2.02. The van der Waals surface area contributed by atoms with Crippen LogP contribution in [0.1, 0.15) is 27.9 Å². The molecule has 0 bridgehead atoms. The molecule has 19 heavy (non-hydrogen) atoms. The maximum absolute atomic E-state index is 4.35. The summed E-state index contributed by atoms with van der Waals surface area (Å²) in [5.41, 5.74) is 6.69. The number of benzene rings is 1. The molecule has 3 heteroatoms. The van der Waals surface area contributed by atoms with Gasteiger partial charge in [-0.25, -0.2) is 0 Å². The van der Waals surface area contributed by atoms with Crippen molar-refractivity contribution >= 4 is 0 Å². The van der Waals surface area contributed by atoms with Gasteiger partial charge in [0.05, 0.1) is 5.69 Å². The van der Waals surface area contributed by atoms with Crippen LogP contribution in [0.5, 0.6) is 0 Å². The molecule has 3 nitrogen and oxygen atoms in total. The van der Waals surface area contributed by atoms with Gasteiger partial charge in [-0.3, -0.25) is 4.68 Å². The first kappa shape index (κ1) is 13.8. The summed E-state index contributed by atoms with van der Waals surface area (Å²) < 4.78 is 1.84. The van der Waals surface area contributed by atoms with E-state index in [9.17, 15) is 0 Å². The van der Waals surface area contributed by atoms with E-state index in [2.05, 4.69) is 43.3 Å². The lowest BCUT2D eigenvalue weighted by molar-refractivity contribution is 0.653. The van der Waals surface area contributed by atoms with Crippen LogP contribution in [0.4, 0.5) is 0 Å². The summed E-state index contributed by atoms with van der Waals surface area (Å²) in [6.07, 6.45) is 3.05. The highest BCUT2D eigenvalue weighted by Crippen LogP contribution is 2.15. The van der Waals surface area contributed by atoms with Gasteiger partial charge in [-0.1, -0.05) is 12.1 Å². The Morgan fingerprint density at radius 2 is 1.84 bits per heavy atom. The third kappa shape index (κ3) is 3.67. The lowest BCUT2D eigenvalue weighted by atomic mass is 9.99. The van der Waals surface area contributed by atoms with Crippen LogP contribution in [0, 0.1) is 20.8 Å². The predicted octanol–water partition coefficient (Wildman–Crippen LogP) is 2.68. The van der Waals surface area contributed by atoms with Crippen LogP contribution < -0.4 is 5.32 Å². The first-order valence-electron chi connectivity index (χ1n) is 6.82. The first-order chi connectivity index (χ1) is 9.06. The minimum atomic E-state index is 0.838. The van der Waals surface area contributed by atoms with Gasteiger partial charge in [-0.05, 0) is 62.1 Å². The molecule has 0 saturated heterocycles. The van der Waals surface area contributed by atoms with E-state index in [0.29, 0.717) is 0 Å². The molecule has 2 aromatic rings. The summed E-state index contributed by atoms with van der Waals surface area (Å²) in [6.45, 7) is 8.37. The van der Waals surface area contributed by atoms with E-state index in [1.54, 1.807) is 0 Å². The van der Waals surface area contributed by atoms with E-state index in [1.807, 2.05) is 24.0 Å². The summed E-state index contributed by atoms with van der Waals surface area (Å²) in [7, 11) is 1.95. The van der Waals surface area contributed by atoms with Crippen molar-refractivity contribution in [1.82, 2.24) is 15.1 Å². The average Bonchev–Trinajstić information content (AvgIpc) is 2.77. The van der Waals surface area contributed by atoms with E-state index in [0.717, 1.165) is 25.2 Å². The van der Waals surface area contributed by atoms with Crippen LogP contribution in [0.25, 0.3) is 0 Å². The normalized spacial score (nSPS) is 10.9. The Hall–Kier alpha value is -1.61. The summed E-state index contributed by atoms with van der Waals surface area (Å²) in [5, 5.41) is 7.80. The van der Waals surface area contributed by atoms with E-state index in [4.69, 9.17) is 0 Å². The zero-order valence-corrected chi connectivity index (χ0v) is 12.3. The van der Waals surface area contributed by atoms with E-state index in [-0.39, 0.29) is 0 Å². The Morgan fingerprint density at radius 1 is 1.11 bits per heavy atom. The summed E-state index contributed by atoms with van der Waals surface area (Å²) in [6, 6.07) is 6.64. The topological polar surface area (TPSA) is 29.9 Å². The second-order valence-corrected chi connectivity index (χ2v) is 5.27. The number of hydrogen-bond donors (Lipinski definition) is 1. The van der Waals surface area contributed by atoms with E-state index >= 15 is 0 Å². The van der Waals surface area contributed by atoms with Crippen LogP contribution in [0.2, 0.25) is 0 Å². The quantitative estimate of drug-likeness (QED) is 0.835. The summed E-state index contributed by atoms with van der Waals surface area (Å²) >= 11 is 0. The molecule has 0 saturated carbocycles. The number of nitrogens with zero attached hydrogens (tertiary/aromatic N) is 2. The standard InChI is InChI=1S/C16H23N3/c1-12-9-14(3)15(10-13(12)2)5-7-17-11-16-6-8-19(4)18-16/h6,8-10,17H,5,7,11H2,1-4H3. The molecule has 0 radical (unpaired) electrons. The fourth-order valence-corrected chi connectivity index (χ4v) is 2.29. The molecule has 1 aromatic heterocycles. The Balaban J connectivity index is 1.84. The fraction of sp³-hybridized carbons (Fsp3) is 0.438. The second kappa shape index (κ2) is 6.02. The maximum Gasteiger partial charge on any atom is 0.0762 e. The van der Waals surface area contributed by atoms with Crippen molar-refractivity contribution in [3.63, 3.8) is 0 Å². The van der Waals surface area contributed by atoms with Gasteiger partial charge in [-0.2, -0.15) is 5.10 Å². The van der Waals surface area contributed by atoms with Gasteiger partial charge in [-0.15, -0.1) is 0 Å². The van der Waals surface area contributed by atoms with Gasteiger partial charge in [0, 0.05) is 19.8 Å². The van der Waals surface area contributed by atoms with Crippen LogP contribution in [-0.4, -0.2) is 16.3 Å². The Kier molecular flexibility index (Phi) is 4.38. The summed E-state index contributed by atoms with van der Waals surface area (Å²) in [5.74, 6) is 0. The Morgan fingerprint density at radius 3 is 2.53 bits per heavy atom. The summed E-state index contributed by atoms with van der Waals surface area (Å²) in [4.78, 5) is 0. The molecule has 0 aliphatic carbocycles. The zero-order chi connectivity index (χ0) is 13.8. The molecule has 0 atom stereocenters. The number of aromatic nitrogens is 2.